The quantitative estimate of drug-likeness (QED) is 0.377. The van der Waals surface area contributed by atoms with Gasteiger partial charge in [-0.1, -0.05) is 24.3 Å². The summed E-state index contributed by atoms with van der Waals surface area (Å²) in [6.45, 7) is 12.5. The Morgan fingerprint density at radius 2 is 2.00 bits per heavy atom. The van der Waals surface area contributed by atoms with Gasteiger partial charge in [-0.15, -0.1) is 24.0 Å². The molecule has 0 amide bonds. The highest BCUT2D eigenvalue weighted by molar-refractivity contribution is 14.0. The Hall–Kier alpha value is -0.860. The van der Waals surface area contributed by atoms with Crippen LogP contribution in [0.2, 0.25) is 0 Å². The molecule has 5 nitrogen and oxygen atoms in total. The smallest absolute Gasteiger partial charge is 0.194 e. The zero-order valence-electron chi connectivity index (χ0n) is 16.9. The van der Waals surface area contributed by atoms with E-state index in [4.69, 9.17) is 14.5 Å². The second kappa shape index (κ2) is 10.6. The van der Waals surface area contributed by atoms with Crippen LogP contribution >= 0.6 is 24.0 Å². The second-order valence-electron chi connectivity index (χ2n) is 7.82. The van der Waals surface area contributed by atoms with Crippen molar-refractivity contribution in [2.45, 2.75) is 52.9 Å². The molecule has 0 aliphatic carbocycles. The third-order valence-corrected chi connectivity index (χ3v) is 5.28. The summed E-state index contributed by atoms with van der Waals surface area (Å²) in [5.41, 5.74) is 2.79. The van der Waals surface area contributed by atoms with E-state index in [0.717, 1.165) is 38.8 Å². The van der Waals surface area contributed by atoms with Crippen LogP contribution in [0.1, 0.15) is 44.7 Å². The molecule has 2 saturated heterocycles. The predicted molar refractivity (Wildman–Crippen MR) is 121 cm³/mol. The van der Waals surface area contributed by atoms with Crippen LogP contribution in [0.25, 0.3) is 0 Å². The van der Waals surface area contributed by atoms with Gasteiger partial charge in [-0.25, -0.2) is 4.99 Å². The largest absolute Gasteiger partial charge is 0.381 e. The van der Waals surface area contributed by atoms with Crippen LogP contribution < -0.4 is 5.32 Å². The van der Waals surface area contributed by atoms with Gasteiger partial charge in [0.15, 0.2) is 5.96 Å². The van der Waals surface area contributed by atoms with E-state index >= 15 is 0 Å². The van der Waals surface area contributed by atoms with Crippen LogP contribution in [0.4, 0.5) is 0 Å². The zero-order valence-corrected chi connectivity index (χ0v) is 19.2. The molecule has 0 saturated carbocycles. The molecule has 27 heavy (non-hydrogen) atoms. The van der Waals surface area contributed by atoms with Gasteiger partial charge >= 0.3 is 0 Å². The summed E-state index contributed by atoms with van der Waals surface area (Å²) >= 11 is 0. The molecule has 2 fully saturated rings. The Kier molecular flexibility index (Phi) is 8.82. The van der Waals surface area contributed by atoms with Gasteiger partial charge in [0, 0.05) is 31.7 Å². The van der Waals surface area contributed by atoms with Crippen LogP contribution in [-0.4, -0.2) is 49.8 Å². The van der Waals surface area contributed by atoms with Crippen molar-refractivity contribution in [2.24, 2.45) is 10.4 Å². The third kappa shape index (κ3) is 6.32. The van der Waals surface area contributed by atoms with E-state index in [1.54, 1.807) is 0 Å². The Morgan fingerprint density at radius 3 is 2.63 bits per heavy atom. The van der Waals surface area contributed by atoms with Crippen LogP contribution in [0.15, 0.2) is 29.3 Å². The fourth-order valence-corrected chi connectivity index (χ4v) is 3.68. The minimum Gasteiger partial charge on any atom is -0.381 e. The second-order valence-corrected chi connectivity index (χ2v) is 7.82. The van der Waals surface area contributed by atoms with E-state index in [9.17, 15) is 0 Å². The summed E-state index contributed by atoms with van der Waals surface area (Å²) in [6.07, 6.45) is 2.65. The molecule has 1 unspecified atom stereocenters. The van der Waals surface area contributed by atoms with Crippen molar-refractivity contribution in [2.75, 3.05) is 32.8 Å². The molecule has 3 rings (SSSR count). The van der Waals surface area contributed by atoms with Crippen LogP contribution in [0.3, 0.4) is 0 Å². The summed E-state index contributed by atoms with van der Waals surface area (Å²) in [4.78, 5) is 7.29. The van der Waals surface area contributed by atoms with Gasteiger partial charge in [0.05, 0.1) is 25.9 Å². The molecule has 0 radical (unpaired) electrons. The third-order valence-electron chi connectivity index (χ3n) is 5.28. The van der Waals surface area contributed by atoms with E-state index in [0.29, 0.717) is 18.6 Å². The number of guanidine groups is 1. The maximum atomic E-state index is 5.66. The Balaban J connectivity index is 0.00000261. The molecule has 0 aromatic heterocycles. The van der Waals surface area contributed by atoms with E-state index in [1.165, 1.54) is 24.0 Å². The molecule has 2 aliphatic heterocycles. The van der Waals surface area contributed by atoms with Crippen molar-refractivity contribution in [3.05, 3.63) is 35.4 Å². The highest BCUT2D eigenvalue weighted by Gasteiger charge is 2.42. The van der Waals surface area contributed by atoms with Crippen molar-refractivity contribution >= 4 is 29.9 Å². The van der Waals surface area contributed by atoms with Crippen molar-refractivity contribution in [3.63, 3.8) is 0 Å². The lowest BCUT2D eigenvalue weighted by Crippen LogP contribution is -2.41. The number of rotatable bonds is 6. The molecule has 1 atom stereocenters. The standard InChI is InChI=1S/C21H33N3O2.HI/c1-4-22-20(24-11-9-21(15-24)10-12-25-16-21)23-13-18-5-7-19(8-6-18)14-26-17(2)3;/h5-8,17H,4,9-16H2,1-3H3,(H,22,23);1H. The normalized spacial score (nSPS) is 22.5. The van der Waals surface area contributed by atoms with Crippen LogP contribution in [-0.2, 0) is 22.6 Å². The van der Waals surface area contributed by atoms with Gasteiger partial charge in [-0.3, -0.25) is 0 Å². The summed E-state index contributed by atoms with van der Waals surface area (Å²) in [5, 5.41) is 3.46. The molecule has 1 spiro atoms. The maximum absolute atomic E-state index is 5.66. The average Bonchev–Trinajstić information content (AvgIpc) is 3.28. The van der Waals surface area contributed by atoms with Gasteiger partial charge < -0.3 is 19.7 Å². The summed E-state index contributed by atoms with van der Waals surface area (Å²) in [5.74, 6) is 1.03. The van der Waals surface area contributed by atoms with Gasteiger partial charge in [0.2, 0.25) is 0 Å². The van der Waals surface area contributed by atoms with Gasteiger partial charge in [0.1, 0.15) is 0 Å². The molecule has 1 N–H and O–H groups in total. The van der Waals surface area contributed by atoms with E-state index < -0.39 is 0 Å². The topological polar surface area (TPSA) is 46.1 Å². The number of nitrogens with one attached hydrogen (secondary N) is 1. The number of likely N-dealkylation sites (tertiary alicyclic amines) is 1. The van der Waals surface area contributed by atoms with Gasteiger partial charge in [-0.05, 0) is 44.7 Å². The lowest BCUT2D eigenvalue weighted by molar-refractivity contribution is 0.0657. The molecule has 6 heteroatoms. The number of nitrogens with zero attached hydrogens (tertiary/aromatic N) is 2. The van der Waals surface area contributed by atoms with Crippen molar-refractivity contribution < 1.29 is 9.47 Å². The molecule has 152 valence electrons. The Morgan fingerprint density at radius 1 is 1.26 bits per heavy atom. The average molecular weight is 487 g/mol. The van der Waals surface area contributed by atoms with Crippen molar-refractivity contribution in [1.82, 2.24) is 10.2 Å². The number of hydrogen-bond acceptors (Lipinski definition) is 3. The van der Waals surface area contributed by atoms with Gasteiger partial charge in [0.25, 0.3) is 0 Å². The summed E-state index contributed by atoms with van der Waals surface area (Å²) < 4.78 is 11.3. The monoisotopic (exact) mass is 487 g/mol. The van der Waals surface area contributed by atoms with E-state index in [-0.39, 0.29) is 30.1 Å². The first kappa shape index (κ1) is 22.4. The highest BCUT2D eigenvalue weighted by Crippen LogP contribution is 2.38. The Bertz CT molecular complexity index is 598. The highest BCUT2D eigenvalue weighted by atomic mass is 127. The molecular formula is C21H34IN3O2. The molecule has 0 bridgehead atoms. The molecule has 1 aromatic carbocycles. The lowest BCUT2D eigenvalue weighted by Gasteiger charge is -2.25. The first-order valence-corrected chi connectivity index (χ1v) is 9.91. The SMILES string of the molecule is CCNC(=NCc1ccc(COC(C)C)cc1)N1CCC2(CCOC2)C1.I. The number of halogens is 1. The molecule has 2 aliphatic rings. The summed E-state index contributed by atoms with van der Waals surface area (Å²) in [6, 6.07) is 8.59. The maximum Gasteiger partial charge on any atom is 0.194 e. The first-order valence-electron chi connectivity index (χ1n) is 9.91. The fraction of sp³-hybridized carbons (Fsp3) is 0.667. The number of aliphatic imine (C=N–C) groups is 1. The van der Waals surface area contributed by atoms with E-state index in [1.807, 2.05) is 0 Å². The predicted octanol–water partition coefficient (Wildman–Crippen LogP) is 3.81. The molecular weight excluding hydrogens is 453 g/mol. The van der Waals surface area contributed by atoms with Crippen molar-refractivity contribution in [1.29, 1.82) is 0 Å². The molecule has 1 aromatic rings. The first-order chi connectivity index (χ1) is 12.6. The number of ether oxygens (including phenoxy) is 2. The lowest BCUT2D eigenvalue weighted by atomic mass is 9.87. The summed E-state index contributed by atoms with van der Waals surface area (Å²) in [7, 11) is 0. The minimum absolute atomic E-state index is 0. The minimum atomic E-state index is 0. The van der Waals surface area contributed by atoms with Crippen LogP contribution in [0, 0.1) is 5.41 Å². The van der Waals surface area contributed by atoms with Crippen molar-refractivity contribution in [3.8, 4) is 0 Å². The van der Waals surface area contributed by atoms with E-state index in [2.05, 4.69) is 55.3 Å². The Labute approximate surface area is 180 Å². The zero-order chi connectivity index (χ0) is 18.4. The van der Waals surface area contributed by atoms with Crippen LogP contribution in [0.5, 0.6) is 0 Å². The molecule has 2 heterocycles. The van der Waals surface area contributed by atoms with Gasteiger partial charge in [-0.2, -0.15) is 0 Å². The fourth-order valence-electron chi connectivity index (χ4n) is 3.68. The number of benzene rings is 1. The number of hydrogen-bond donors (Lipinski definition) is 1.